The van der Waals surface area contributed by atoms with Crippen LogP contribution in [-0.4, -0.2) is 91.8 Å². The van der Waals surface area contributed by atoms with Crippen molar-refractivity contribution in [3.05, 3.63) is 76.1 Å². The number of aromatic amines is 2. The number of fused-ring (bicyclic) bond motifs is 9. The number of nitrogens with zero attached hydrogens (tertiary/aromatic N) is 2. The lowest BCUT2D eigenvalue weighted by Gasteiger charge is -2.57. The molecule has 0 amide bonds. The van der Waals surface area contributed by atoms with Crippen LogP contribution in [0.4, 0.5) is 0 Å². The third-order valence-electron chi connectivity index (χ3n) is 14.1. The summed E-state index contributed by atoms with van der Waals surface area (Å²) in [6.45, 7) is 7.17. The first kappa shape index (κ1) is 33.7. The third kappa shape index (κ3) is 4.67. The Kier molecular flexibility index (Phi) is 8.12. The maximum absolute atomic E-state index is 14.2. The minimum atomic E-state index is -0.725. The number of allylic oxidation sites excluding steroid dienone is 1. The van der Waals surface area contributed by atoms with Crippen LogP contribution in [0.25, 0.3) is 21.8 Å². The number of likely N-dealkylation sites (tertiary alicyclic amines) is 1. The number of hydrogen-bond donors (Lipinski definition) is 2. The van der Waals surface area contributed by atoms with E-state index in [4.69, 9.17) is 14.2 Å². The van der Waals surface area contributed by atoms with Gasteiger partial charge in [-0.2, -0.15) is 0 Å². The van der Waals surface area contributed by atoms with Crippen molar-refractivity contribution in [1.29, 1.82) is 0 Å². The number of H-pyrrole nitrogens is 2. The fourth-order valence-electron chi connectivity index (χ4n) is 12.1. The third-order valence-corrected chi connectivity index (χ3v) is 14.1. The van der Waals surface area contributed by atoms with E-state index >= 15 is 0 Å². The smallest absolute Gasteiger partial charge is 0.319 e. The van der Waals surface area contributed by atoms with Crippen molar-refractivity contribution in [3.8, 4) is 5.75 Å². The van der Waals surface area contributed by atoms with E-state index in [1.54, 1.807) is 14.2 Å². The Balaban J connectivity index is 1.27. The van der Waals surface area contributed by atoms with E-state index in [0.29, 0.717) is 11.8 Å². The zero-order valence-electron chi connectivity index (χ0n) is 31.4. The number of piperidine rings is 3. The van der Waals surface area contributed by atoms with Crippen LogP contribution in [0.2, 0.25) is 0 Å². The highest BCUT2D eigenvalue weighted by Gasteiger charge is 2.62. The van der Waals surface area contributed by atoms with Gasteiger partial charge in [0.1, 0.15) is 11.2 Å². The maximum atomic E-state index is 14.2. The first-order valence-electron chi connectivity index (χ1n) is 19.3. The summed E-state index contributed by atoms with van der Waals surface area (Å²) >= 11 is 0. The molecule has 1 saturated carbocycles. The van der Waals surface area contributed by atoms with Gasteiger partial charge in [-0.05, 0) is 93.2 Å². The summed E-state index contributed by atoms with van der Waals surface area (Å²) < 4.78 is 17.6. The van der Waals surface area contributed by atoms with Crippen molar-refractivity contribution < 1.29 is 23.8 Å². The van der Waals surface area contributed by atoms with Gasteiger partial charge in [0.15, 0.2) is 0 Å². The highest BCUT2D eigenvalue weighted by molar-refractivity contribution is 5.93. The van der Waals surface area contributed by atoms with Crippen LogP contribution < -0.4 is 4.74 Å². The van der Waals surface area contributed by atoms with Gasteiger partial charge in [0.25, 0.3) is 0 Å². The van der Waals surface area contributed by atoms with Gasteiger partial charge in [-0.15, -0.1) is 0 Å². The number of carbonyl (C=O) groups excluding carboxylic acids is 2. The van der Waals surface area contributed by atoms with Crippen molar-refractivity contribution in [2.24, 2.45) is 23.7 Å². The molecule has 6 bridgehead atoms. The van der Waals surface area contributed by atoms with Crippen molar-refractivity contribution in [1.82, 2.24) is 19.8 Å². The Morgan fingerprint density at radius 2 is 1.85 bits per heavy atom. The molecule has 0 spiro atoms. The standard InChI is InChI=1S/C43H52N4O5/c1-7-24-15-23-20-43(42(49)52-6)39-27(13-14-47(21-23)40(24)43)29-19-36(50-4)30(17-34(29)45-39)31-16-28-25(8-2)22-46(3)35(37(28)41(48)51-5)18-32-26-11-9-10-12-33(26)44-38(31)32/h8-12,17,19,23-24,28,31,35,37,40,44-45H,7,13-16,18,20-22H2,1-6H3/t23-,24+,28+,31+,35+,37+,40+,43-/m1/s1. The Bertz CT molecular complexity index is 2110. The Hall–Kier alpha value is -4.08. The average molecular weight is 705 g/mol. The fourth-order valence-corrected chi connectivity index (χ4v) is 12.1. The van der Waals surface area contributed by atoms with E-state index in [-0.39, 0.29) is 41.8 Å². The van der Waals surface area contributed by atoms with Crippen molar-refractivity contribution in [2.75, 3.05) is 48.0 Å². The van der Waals surface area contributed by atoms with E-state index in [1.165, 1.54) is 41.3 Å². The molecule has 9 atom stereocenters. The molecule has 274 valence electrons. The molecule has 4 aliphatic heterocycles. The number of rotatable bonds is 5. The molecule has 6 heterocycles. The predicted molar refractivity (Wildman–Crippen MR) is 202 cm³/mol. The number of methoxy groups -OCH3 is 3. The number of nitrogens with one attached hydrogen (secondary N) is 2. The number of likely N-dealkylation sites (N-methyl/N-ethyl adjacent to an activating group) is 1. The number of benzene rings is 2. The van der Waals surface area contributed by atoms with E-state index in [2.05, 4.69) is 83.1 Å². The molecule has 4 fully saturated rings. The zero-order chi connectivity index (χ0) is 36.1. The lowest BCUT2D eigenvalue weighted by atomic mass is 9.56. The van der Waals surface area contributed by atoms with Crippen LogP contribution in [0.1, 0.15) is 73.5 Å². The van der Waals surface area contributed by atoms with Crippen LogP contribution in [-0.2, 0) is 37.3 Å². The van der Waals surface area contributed by atoms with Crippen LogP contribution in [0.3, 0.4) is 0 Å². The van der Waals surface area contributed by atoms with Gasteiger partial charge in [-0.25, -0.2) is 0 Å². The van der Waals surface area contributed by atoms with Gasteiger partial charge < -0.3 is 24.2 Å². The summed E-state index contributed by atoms with van der Waals surface area (Å²) in [5.41, 5.74) is 8.48. The summed E-state index contributed by atoms with van der Waals surface area (Å²) in [6.07, 6.45) is 7.59. The van der Waals surface area contributed by atoms with Gasteiger partial charge in [-0.3, -0.25) is 19.4 Å². The van der Waals surface area contributed by atoms with E-state index < -0.39 is 5.41 Å². The number of hydrogen-bond acceptors (Lipinski definition) is 7. The number of ether oxygens (including phenoxy) is 3. The highest BCUT2D eigenvalue weighted by Crippen LogP contribution is 2.56. The molecule has 2 aliphatic carbocycles. The second-order valence-electron chi connectivity index (χ2n) is 16.3. The summed E-state index contributed by atoms with van der Waals surface area (Å²) in [4.78, 5) is 40.8. The Morgan fingerprint density at radius 3 is 2.60 bits per heavy atom. The summed E-state index contributed by atoms with van der Waals surface area (Å²) in [6, 6.07) is 13.2. The fraction of sp³-hybridized carbons (Fsp3) is 0.535. The SMILES string of the molecule is CC=C1CN(C)[C@H]2Cc3c([nH]c4ccccc34)[C@H](c3cc4[nH]c5c(c4cc3OC)CCN3C[C@@H]4C[C@H](CC)[C@H]3[C@@]5(C(=O)OC)C4)C[C@@H]1[C@@H]2C(=O)OC. The topological polar surface area (TPSA) is 99.9 Å². The molecule has 2 aromatic heterocycles. The Morgan fingerprint density at radius 1 is 1.02 bits per heavy atom. The quantitative estimate of drug-likeness (QED) is 0.181. The molecule has 10 rings (SSSR count). The van der Waals surface area contributed by atoms with Gasteiger partial charge >= 0.3 is 11.9 Å². The molecule has 4 aromatic rings. The summed E-state index contributed by atoms with van der Waals surface area (Å²) in [5.74, 6) is 1.11. The minimum Gasteiger partial charge on any atom is -0.496 e. The van der Waals surface area contributed by atoms with Crippen LogP contribution in [0, 0.1) is 23.7 Å². The minimum absolute atomic E-state index is 0.00122. The second kappa shape index (κ2) is 12.5. The highest BCUT2D eigenvalue weighted by atomic mass is 16.5. The number of carbonyl (C=O) groups is 2. The molecule has 2 N–H and O–H groups in total. The van der Waals surface area contributed by atoms with Gasteiger partial charge in [-0.1, -0.05) is 43.2 Å². The molecule has 3 saturated heterocycles. The number of aromatic nitrogens is 2. The Labute approximate surface area is 306 Å². The number of esters is 2. The molecule has 2 aromatic carbocycles. The first-order valence-corrected chi connectivity index (χ1v) is 19.3. The molecule has 1 unspecified atom stereocenters. The van der Waals surface area contributed by atoms with E-state index in [1.807, 2.05) is 0 Å². The monoisotopic (exact) mass is 704 g/mol. The molecule has 52 heavy (non-hydrogen) atoms. The number of para-hydroxylation sites is 1. The van der Waals surface area contributed by atoms with E-state index in [9.17, 15) is 9.59 Å². The molecule has 0 radical (unpaired) electrons. The van der Waals surface area contributed by atoms with Gasteiger partial charge in [0.05, 0.1) is 27.2 Å². The van der Waals surface area contributed by atoms with E-state index in [0.717, 1.165) is 85.2 Å². The summed E-state index contributed by atoms with van der Waals surface area (Å²) in [5, 5.41) is 2.32. The average Bonchev–Trinajstić information content (AvgIpc) is 3.69. The maximum Gasteiger partial charge on any atom is 0.319 e. The summed E-state index contributed by atoms with van der Waals surface area (Å²) in [7, 11) is 6.99. The molecule has 9 heteroatoms. The predicted octanol–water partition coefficient (Wildman–Crippen LogP) is 6.49. The second-order valence-corrected chi connectivity index (χ2v) is 16.3. The van der Waals surface area contributed by atoms with Gasteiger partial charge in [0.2, 0.25) is 0 Å². The normalized spacial score (nSPS) is 33.2. The van der Waals surface area contributed by atoms with Crippen LogP contribution in [0.15, 0.2) is 48.0 Å². The first-order chi connectivity index (χ1) is 25.3. The van der Waals surface area contributed by atoms with Crippen LogP contribution >= 0.6 is 0 Å². The largest absolute Gasteiger partial charge is 0.496 e. The van der Waals surface area contributed by atoms with Crippen molar-refractivity contribution >= 4 is 33.7 Å². The zero-order valence-corrected chi connectivity index (χ0v) is 31.4. The molecular formula is C43H52N4O5. The lowest BCUT2D eigenvalue weighted by Crippen LogP contribution is -2.67. The van der Waals surface area contributed by atoms with Crippen molar-refractivity contribution in [3.63, 3.8) is 0 Å². The van der Waals surface area contributed by atoms with Crippen LogP contribution in [0.5, 0.6) is 5.75 Å². The molecular weight excluding hydrogens is 652 g/mol. The lowest BCUT2D eigenvalue weighted by molar-refractivity contribution is -0.162. The molecule has 9 nitrogen and oxygen atoms in total. The molecule has 6 aliphatic rings. The van der Waals surface area contributed by atoms with Gasteiger partial charge in [0, 0.05) is 76.4 Å². The van der Waals surface area contributed by atoms with Crippen molar-refractivity contribution in [2.45, 2.75) is 75.8 Å².